The highest BCUT2D eigenvalue weighted by Crippen LogP contribution is 2.35. The molecule has 0 atom stereocenters. The van der Waals surface area contributed by atoms with Crippen LogP contribution in [-0.4, -0.2) is 50.6 Å². The van der Waals surface area contributed by atoms with E-state index in [1.807, 2.05) is 4.72 Å². The number of rotatable bonds is 8. The summed E-state index contributed by atoms with van der Waals surface area (Å²) >= 11 is 0. The Labute approximate surface area is 216 Å². The standard InChI is InChI=1S/C26H20N2O9S/c1-35-16-7-9-17(10-8-16)37-26(32)20-14-22(18-5-3-4-6-19(18)23(20)36-2)38(33,34)28-24(29)21-13-15(25(30)31)11-12-27-21/h3-14H,1-2H3,(H,28,29)(H,30,31). The van der Waals surface area contributed by atoms with Crippen LogP contribution in [-0.2, 0) is 10.0 Å². The molecule has 0 spiro atoms. The summed E-state index contributed by atoms with van der Waals surface area (Å²) in [4.78, 5) is 40.4. The molecular formula is C26H20N2O9S. The average molecular weight is 537 g/mol. The molecule has 4 aromatic rings. The van der Waals surface area contributed by atoms with Gasteiger partial charge in [0.05, 0.1) is 24.7 Å². The van der Waals surface area contributed by atoms with Crippen LogP contribution in [0.15, 0.2) is 77.8 Å². The van der Waals surface area contributed by atoms with E-state index in [4.69, 9.17) is 19.3 Å². The summed E-state index contributed by atoms with van der Waals surface area (Å²) in [6.45, 7) is 0. The SMILES string of the molecule is COc1ccc(OC(=O)c2cc(S(=O)(=O)NC(=O)c3cc(C(=O)O)ccn3)c3ccccc3c2OC)cc1. The van der Waals surface area contributed by atoms with E-state index in [2.05, 4.69) is 4.98 Å². The van der Waals surface area contributed by atoms with Crippen molar-refractivity contribution in [2.45, 2.75) is 4.90 Å². The first-order valence-electron chi connectivity index (χ1n) is 10.9. The van der Waals surface area contributed by atoms with Gasteiger partial charge in [0.15, 0.2) is 0 Å². The fraction of sp³-hybridized carbons (Fsp3) is 0.0769. The number of hydrogen-bond donors (Lipinski definition) is 2. The van der Waals surface area contributed by atoms with Crippen LogP contribution in [0.2, 0.25) is 0 Å². The summed E-state index contributed by atoms with van der Waals surface area (Å²) < 4.78 is 44.6. The molecule has 0 saturated heterocycles. The quantitative estimate of drug-likeness (QED) is 0.253. The van der Waals surface area contributed by atoms with Crippen LogP contribution in [0.4, 0.5) is 0 Å². The van der Waals surface area contributed by atoms with Gasteiger partial charge < -0.3 is 19.3 Å². The van der Waals surface area contributed by atoms with E-state index >= 15 is 0 Å². The second kappa shape index (κ2) is 10.6. The number of pyridine rings is 1. The average Bonchev–Trinajstić information content (AvgIpc) is 2.92. The first-order chi connectivity index (χ1) is 18.1. The van der Waals surface area contributed by atoms with Gasteiger partial charge in [-0.25, -0.2) is 22.7 Å². The number of aromatic carboxylic acids is 1. The molecule has 0 saturated carbocycles. The third kappa shape index (κ3) is 5.25. The van der Waals surface area contributed by atoms with E-state index in [9.17, 15) is 22.8 Å². The van der Waals surface area contributed by atoms with Crippen molar-refractivity contribution >= 4 is 38.6 Å². The minimum Gasteiger partial charge on any atom is -0.497 e. The number of methoxy groups -OCH3 is 2. The Balaban J connectivity index is 1.77. The summed E-state index contributed by atoms with van der Waals surface area (Å²) in [6.07, 6.45) is 1.07. The van der Waals surface area contributed by atoms with Crippen molar-refractivity contribution in [2.24, 2.45) is 0 Å². The molecule has 12 heteroatoms. The van der Waals surface area contributed by atoms with Gasteiger partial charge >= 0.3 is 11.9 Å². The number of fused-ring (bicyclic) bond motifs is 1. The maximum absolute atomic E-state index is 13.4. The normalized spacial score (nSPS) is 11.0. The second-order valence-corrected chi connectivity index (χ2v) is 9.39. The van der Waals surface area contributed by atoms with Gasteiger partial charge in [-0.15, -0.1) is 0 Å². The van der Waals surface area contributed by atoms with Crippen LogP contribution in [0, 0.1) is 0 Å². The first kappa shape index (κ1) is 26.1. The van der Waals surface area contributed by atoms with Gasteiger partial charge in [-0.2, -0.15) is 0 Å². The van der Waals surface area contributed by atoms with Crippen LogP contribution in [0.25, 0.3) is 10.8 Å². The third-order valence-electron chi connectivity index (χ3n) is 5.41. The van der Waals surface area contributed by atoms with Crippen LogP contribution in [0.3, 0.4) is 0 Å². The number of nitrogens with one attached hydrogen (secondary N) is 1. The number of esters is 1. The minimum atomic E-state index is -4.60. The molecule has 4 rings (SSSR count). The number of benzene rings is 3. The van der Waals surface area contributed by atoms with Gasteiger partial charge in [0.2, 0.25) is 0 Å². The van der Waals surface area contributed by atoms with Gasteiger partial charge in [0.1, 0.15) is 28.5 Å². The number of carbonyl (C=O) groups is 3. The van der Waals surface area contributed by atoms with E-state index in [0.717, 1.165) is 24.4 Å². The van der Waals surface area contributed by atoms with Crippen LogP contribution < -0.4 is 18.9 Å². The molecule has 38 heavy (non-hydrogen) atoms. The molecule has 194 valence electrons. The lowest BCUT2D eigenvalue weighted by atomic mass is 10.0. The number of hydrogen-bond acceptors (Lipinski definition) is 9. The number of sulfonamides is 1. The van der Waals surface area contributed by atoms with Crippen molar-refractivity contribution in [3.8, 4) is 17.2 Å². The van der Waals surface area contributed by atoms with Crippen molar-refractivity contribution in [2.75, 3.05) is 14.2 Å². The molecule has 2 N–H and O–H groups in total. The lowest BCUT2D eigenvalue weighted by molar-refractivity contribution is 0.0694. The van der Waals surface area contributed by atoms with E-state index in [0.29, 0.717) is 5.75 Å². The molecule has 0 aliphatic heterocycles. The Morgan fingerprint density at radius 3 is 2.16 bits per heavy atom. The van der Waals surface area contributed by atoms with Crippen LogP contribution in [0.1, 0.15) is 31.2 Å². The molecule has 0 bridgehead atoms. The molecule has 0 radical (unpaired) electrons. The number of amides is 1. The third-order valence-corrected chi connectivity index (χ3v) is 6.78. The van der Waals surface area contributed by atoms with Gasteiger partial charge in [-0.3, -0.25) is 9.78 Å². The van der Waals surface area contributed by atoms with Crippen LogP contribution >= 0.6 is 0 Å². The van der Waals surface area contributed by atoms with E-state index < -0.39 is 38.5 Å². The lowest BCUT2D eigenvalue weighted by Crippen LogP contribution is -2.31. The zero-order valence-electron chi connectivity index (χ0n) is 20.0. The Morgan fingerprint density at radius 1 is 0.868 bits per heavy atom. The molecule has 0 aliphatic rings. The Kier molecular flexibility index (Phi) is 7.26. The van der Waals surface area contributed by atoms with Crippen molar-refractivity contribution in [1.82, 2.24) is 9.71 Å². The molecule has 1 amide bonds. The maximum atomic E-state index is 13.4. The summed E-state index contributed by atoms with van der Waals surface area (Å²) in [5.74, 6) is -2.59. The molecule has 0 fully saturated rings. The lowest BCUT2D eigenvalue weighted by Gasteiger charge is -2.16. The smallest absolute Gasteiger partial charge is 0.347 e. The van der Waals surface area contributed by atoms with Crippen molar-refractivity contribution in [3.63, 3.8) is 0 Å². The molecule has 3 aromatic carbocycles. The summed E-state index contributed by atoms with van der Waals surface area (Å²) in [7, 11) is -1.79. The fourth-order valence-corrected chi connectivity index (χ4v) is 4.83. The summed E-state index contributed by atoms with van der Waals surface area (Å²) in [5, 5.41) is 9.58. The fourth-order valence-electron chi connectivity index (χ4n) is 3.63. The Morgan fingerprint density at radius 2 is 1.53 bits per heavy atom. The zero-order valence-corrected chi connectivity index (χ0v) is 20.8. The van der Waals surface area contributed by atoms with Crippen molar-refractivity contribution in [3.05, 3.63) is 89.7 Å². The maximum Gasteiger partial charge on any atom is 0.347 e. The monoisotopic (exact) mass is 536 g/mol. The van der Waals surface area contributed by atoms with Gasteiger partial charge in [-0.05, 0) is 42.5 Å². The molecule has 1 heterocycles. The van der Waals surface area contributed by atoms with Gasteiger partial charge in [0.25, 0.3) is 15.9 Å². The number of aromatic nitrogens is 1. The zero-order chi connectivity index (χ0) is 27.4. The van der Waals surface area contributed by atoms with E-state index in [1.165, 1.54) is 32.4 Å². The highest BCUT2D eigenvalue weighted by molar-refractivity contribution is 7.90. The predicted octanol–water partition coefficient (Wildman–Crippen LogP) is 3.29. The van der Waals surface area contributed by atoms with Crippen LogP contribution in [0.5, 0.6) is 17.2 Å². The highest BCUT2D eigenvalue weighted by Gasteiger charge is 2.28. The Bertz CT molecular complexity index is 1670. The number of ether oxygens (including phenoxy) is 3. The van der Waals surface area contributed by atoms with Crippen molar-refractivity contribution < 1.29 is 42.1 Å². The molecule has 0 unspecified atom stereocenters. The number of carboxylic acids is 1. The molecule has 1 aromatic heterocycles. The van der Waals surface area contributed by atoms with E-state index in [-0.39, 0.29) is 33.4 Å². The first-order valence-corrected chi connectivity index (χ1v) is 12.4. The number of nitrogens with zero attached hydrogens (tertiary/aromatic N) is 1. The largest absolute Gasteiger partial charge is 0.497 e. The number of carbonyl (C=O) groups excluding carboxylic acids is 2. The van der Waals surface area contributed by atoms with Crippen molar-refractivity contribution in [1.29, 1.82) is 0 Å². The highest BCUT2D eigenvalue weighted by atomic mass is 32.2. The summed E-state index contributed by atoms with van der Waals surface area (Å²) in [6, 6.07) is 15.6. The number of carboxylic acid groups (broad SMARTS) is 1. The molecule has 11 nitrogen and oxygen atoms in total. The minimum absolute atomic E-state index is 0.0696. The molecule has 0 aliphatic carbocycles. The van der Waals surface area contributed by atoms with E-state index in [1.54, 1.807) is 30.3 Å². The predicted molar refractivity (Wildman–Crippen MR) is 134 cm³/mol. The topological polar surface area (TPSA) is 158 Å². The van der Waals surface area contributed by atoms with Gasteiger partial charge in [0, 0.05) is 17.0 Å². The Hall–Kier alpha value is -4.97. The van der Waals surface area contributed by atoms with Gasteiger partial charge in [-0.1, -0.05) is 24.3 Å². The molecular weight excluding hydrogens is 516 g/mol. The second-order valence-electron chi connectivity index (χ2n) is 7.74. The summed E-state index contributed by atoms with van der Waals surface area (Å²) in [5.41, 5.74) is -0.882.